The van der Waals surface area contributed by atoms with Crippen molar-refractivity contribution in [3.63, 3.8) is 0 Å². The minimum Gasteiger partial charge on any atom is -0.397 e. The van der Waals surface area contributed by atoms with Gasteiger partial charge in [-0.15, -0.1) is 0 Å². The summed E-state index contributed by atoms with van der Waals surface area (Å²) in [5.41, 5.74) is 5.24. The Balaban J connectivity index is 3.05. The lowest BCUT2D eigenvalue weighted by Crippen LogP contribution is -2.40. The number of rotatable bonds is 5. The number of nitrogens with two attached hydrogens (primary N) is 1. The van der Waals surface area contributed by atoms with E-state index in [1.165, 1.54) is 12.1 Å². The first-order chi connectivity index (χ1) is 8.59. The van der Waals surface area contributed by atoms with Crippen LogP contribution in [0.4, 0.5) is 5.69 Å². The number of sulfonamides is 1. The Hall–Kier alpha value is -0.820. The molecule has 0 aromatic heterocycles. The highest BCUT2D eigenvalue weighted by atomic mass is 35.5. The van der Waals surface area contributed by atoms with Gasteiger partial charge in [-0.2, -0.15) is 0 Å². The van der Waals surface area contributed by atoms with Gasteiger partial charge in [-0.1, -0.05) is 18.5 Å². The van der Waals surface area contributed by atoms with Crippen LogP contribution in [0.1, 0.15) is 25.8 Å². The fraction of sp³-hybridized carbons (Fsp3) is 0.500. The third-order valence-electron chi connectivity index (χ3n) is 2.99. The first kappa shape index (κ1) is 16.2. The molecule has 108 valence electrons. The van der Waals surface area contributed by atoms with Gasteiger partial charge in [-0.25, -0.2) is 13.1 Å². The van der Waals surface area contributed by atoms with E-state index in [1.54, 1.807) is 20.8 Å². The molecular weight excluding hydrogens is 288 g/mol. The van der Waals surface area contributed by atoms with Crippen LogP contribution in [-0.2, 0) is 10.0 Å². The lowest BCUT2D eigenvalue weighted by Gasteiger charge is -2.22. The fourth-order valence-corrected chi connectivity index (χ4v) is 3.05. The molecule has 0 saturated carbocycles. The van der Waals surface area contributed by atoms with Crippen molar-refractivity contribution >= 4 is 27.3 Å². The zero-order valence-corrected chi connectivity index (χ0v) is 12.8. The van der Waals surface area contributed by atoms with Crippen molar-refractivity contribution in [2.45, 2.75) is 37.7 Å². The summed E-state index contributed by atoms with van der Waals surface area (Å²) in [4.78, 5) is 0.0707. The minimum absolute atomic E-state index is 0.0617. The Morgan fingerprint density at radius 3 is 2.58 bits per heavy atom. The maximum absolute atomic E-state index is 12.2. The summed E-state index contributed by atoms with van der Waals surface area (Å²) < 4.78 is 26.7. The molecule has 0 radical (unpaired) electrons. The smallest absolute Gasteiger partial charge is 0.241 e. The molecular formula is C12H19ClN2O3S. The lowest BCUT2D eigenvalue weighted by atomic mass is 10.1. The molecule has 0 aliphatic rings. The molecule has 0 aliphatic carbocycles. The quantitative estimate of drug-likeness (QED) is 0.721. The topological polar surface area (TPSA) is 92.4 Å². The minimum atomic E-state index is -3.72. The fourth-order valence-electron chi connectivity index (χ4n) is 1.41. The van der Waals surface area contributed by atoms with Crippen molar-refractivity contribution in [3.8, 4) is 0 Å². The van der Waals surface area contributed by atoms with Crippen molar-refractivity contribution in [2.24, 2.45) is 0 Å². The van der Waals surface area contributed by atoms with Gasteiger partial charge in [0, 0.05) is 6.54 Å². The Morgan fingerprint density at radius 2 is 2.05 bits per heavy atom. The molecule has 1 unspecified atom stereocenters. The van der Waals surface area contributed by atoms with Gasteiger partial charge in [0.25, 0.3) is 0 Å². The molecule has 0 fully saturated rings. The molecule has 0 amide bonds. The van der Waals surface area contributed by atoms with Crippen LogP contribution in [0.5, 0.6) is 0 Å². The molecule has 0 heterocycles. The third kappa shape index (κ3) is 4.07. The number of hydrogen-bond acceptors (Lipinski definition) is 4. The molecule has 7 heteroatoms. The highest BCUT2D eigenvalue weighted by Gasteiger charge is 2.24. The maximum atomic E-state index is 12.2. The van der Waals surface area contributed by atoms with E-state index in [1.807, 2.05) is 0 Å². The second-order valence-electron chi connectivity index (χ2n) is 4.81. The molecule has 0 aliphatic heterocycles. The normalized spacial score (nSPS) is 15.2. The van der Waals surface area contributed by atoms with E-state index in [0.29, 0.717) is 17.0 Å². The van der Waals surface area contributed by atoms with E-state index in [2.05, 4.69) is 4.72 Å². The van der Waals surface area contributed by atoms with Gasteiger partial charge in [-0.05, 0) is 38.0 Å². The van der Waals surface area contributed by atoms with Crippen LogP contribution in [0.25, 0.3) is 0 Å². The summed E-state index contributed by atoms with van der Waals surface area (Å²) in [6, 6.07) is 2.82. The predicted molar refractivity (Wildman–Crippen MR) is 76.7 cm³/mol. The molecule has 1 aromatic rings. The number of aliphatic hydroxyl groups is 1. The van der Waals surface area contributed by atoms with Crippen LogP contribution in [-0.4, -0.2) is 25.7 Å². The largest absolute Gasteiger partial charge is 0.397 e. The number of aryl methyl sites for hydroxylation is 1. The van der Waals surface area contributed by atoms with Gasteiger partial charge in [0.2, 0.25) is 10.0 Å². The predicted octanol–water partition coefficient (Wildman–Crippen LogP) is 1.67. The molecule has 19 heavy (non-hydrogen) atoms. The van der Waals surface area contributed by atoms with Crippen molar-refractivity contribution in [3.05, 3.63) is 22.7 Å². The number of hydrogen-bond donors (Lipinski definition) is 3. The summed E-state index contributed by atoms with van der Waals surface area (Å²) in [6.07, 6.45) is 0.442. The molecule has 0 saturated heterocycles. The average Bonchev–Trinajstić information content (AvgIpc) is 2.31. The summed E-state index contributed by atoms with van der Waals surface area (Å²) in [6.45, 7) is 4.92. The molecule has 0 bridgehead atoms. The zero-order chi connectivity index (χ0) is 14.8. The van der Waals surface area contributed by atoms with Gasteiger partial charge in [0.1, 0.15) is 0 Å². The van der Waals surface area contributed by atoms with Crippen LogP contribution in [0.3, 0.4) is 0 Å². The molecule has 4 N–H and O–H groups in total. The van der Waals surface area contributed by atoms with E-state index in [-0.39, 0.29) is 17.1 Å². The van der Waals surface area contributed by atoms with Crippen molar-refractivity contribution in [1.29, 1.82) is 0 Å². The van der Waals surface area contributed by atoms with Crippen molar-refractivity contribution in [2.75, 3.05) is 12.3 Å². The average molecular weight is 307 g/mol. The maximum Gasteiger partial charge on any atom is 0.241 e. The summed E-state index contributed by atoms with van der Waals surface area (Å²) in [5.74, 6) is 0. The second kappa shape index (κ2) is 5.66. The van der Waals surface area contributed by atoms with E-state index in [0.717, 1.165) is 0 Å². The van der Waals surface area contributed by atoms with E-state index >= 15 is 0 Å². The van der Waals surface area contributed by atoms with Crippen LogP contribution in [0, 0.1) is 6.92 Å². The number of halogens is 1. The number of anilines is 1. The molecule has 5 nitrogen and oxygen atoms in total. The number of benzene rings is 1. The first-order valence-electron chi connectivity index (χ1n) is 5.87. The van der Waals surface area contributed by atoms with Crippen LogP contribution in [0.2, 0.25) is 5.02 Å². The lowest BCUT2D eigenvalue weighted by molar-refractivity contribution is 0.0613. The summed E-state index contributed by atoms with van der Waals surface area (Å²) >= 11 is 5.83. The summed E-state index contributed by atoms with van der Waals surface area (Å²) in [5, 5.41) is 10.1. The van der Waals surface area contributed by atoms with Crippen molar-refractivity contribution in [1.82, 2.24) is 4.72 Å². The first-order valence-corrected chi connectivity index (χ1v) is 7.73. The highest BCUT2D eigenvalue weighted by molar-refractivity contribution is 7.89. The Kier molecular flexibility index (Phi) is 4.84. The van der Waals surface area contributed by atoms with Gasteiger partial charge in [0.15, 0.2) is 0 Å². The molecule has 0 spiro atoms. The Morgan fingerprint density at radius 1 is 1.47 bits per heavy atom. The van der Waals surface area contributed by atoms with Crippen LogP contribution in [0.15, 0.2) is 17.0 Å². The molecule has 1 rings (SSSR count). The molecule has 1 aromatic carbocycles. The van der Waals surface area contributed by atoms with Gasteiger partial charge < -0.3 is 10.8 Å². The Labute approximate surface area is 118 Å². The van der Waals surface area contributed by atoms with Crippen LogP contribution < -0.4 is 10.5 Å². The van der Waals surface area contributed by atoms with Gasteiger partial charge in [-0.3, -0.25) is 0 Å². The number of nitrogens with one attached hydrogen (secondary N) is 1. The SMILES string of the molecule is CCC(C)(O)CNS(=O)(=O)c1cc(N)c(Cl)cc1C. The zero-order valence-electron chi connectivity index (χ0n) is 11.2. The number of nitrogen functional groups attached to an aromatic ring is 1. The highest BCUT2D eigenvalue weighted by Crippen LogP contribution is 2.26. The molecule has 1 atom stereocenters. The van der Waals surface area contributed by atoms with Gasteiger partial charge >= 0.3 is 0 Å². The van der Waals surface area contributed by atoms with E-state index in [9.17, 15) is 13.5 Å². The third-order valence-corrected chi connectivity index (χ3v) is 4.86. The second-order valence-corrected chi connectivity index (χ2v) is 6.96. The summed E-state index contributed by atoms with van der Waals surface area (Å²) in [7, 11) is -3.72. The Bertz CT molecular complexity index is 571. The van der Waals surface area contributed by atoms with E-state index < -0.39 is 15.6 Å². The van der Waals surface area contributed by atoms with Gasteiger partial charge in [0.05, 0.1) is 21.2 Å². The van der Waals surface area contributed by atoms with Crippen LogP contribution >= 0.6 is 11.6 Å². The monoisotopic (exact) mass is 306 g/mol. The van der Waals surface area contributed by atoms with Crippen molar-refractivity contribution < 1.29 is 13.5 Å². The van der Waals surface area contributed by atoms with E-state index in [4.69, 9.17) is 17.3 Å². The standard InChI is InChI=1S/C12H19ClN2O3S/c1-4-12(3,16)7-15-19(17,18)11-6-10(14)9(13)5-8(11)2/h5-6,15-16H,4,7,14H2,1-3H3.